The van der Waals surface area contributed by atoms with Gasteiger partial charge in [0.2, 0.25) is 5.72 Å². The number of rotatable bonds is 11. The second-order valence-corrected chi connectivity index (χ2v) is 10.9. The molecule has 6 atom stereocenters. The third kappa shape index (κ3) is 6.07. The molecule has 1 saturated heterocycles. The number of esters is 1. The van der Waals surface area contributed by atoms with Gasteiger partial charge in [0.1, 0.15) is 29.7 Å². The van der Waals surface area contributed by atoms with E-state index in [1.165, 1.54) is 36.3 Å². The number of carbonyl (C=O) groups excluding carboxylic acids is 1. The Balaban J connectivity index is 1.62. The zero-order valence-corrected chi connectivity index (χ0v) is 22.9. The van der Waals surface area contributed by atoms with Crippen LogP contribution in [-0.4, -0.2) is 67.3 Å². The van der Waals surface area contributed by atoms with Gasteiger partial charge in [-0.3, -0.25) is 13.9 Å². The first-order chi connectivity index (χ1) is 19.0. The molecular formula is C23H28FN8O7P. The number of aromatic nitrogens is 4. The molecule has 17 heteroatoms. The van der Waals surface area contributed by atoms with E-state index >= 15 is 4.39 Å². The molecule has 3 heterocycles. The highest BCUT2D eigenvalue weighted by molar-refractivity contribution is 7.52. The molecule has 1 aromatic carbocycles. The summed E-state index contributed by atoms with van der Waals surface area (Å²) in [7, 11) is -4.47. The van der Waals surface area contributed by atoms with E-state index in [0.29, 0.717) is 11.2 Å². The second kappa shape index (κ2) is 11.8. The Morgan fingerprint density at radius 3 is 2.73 bits per heavy atom. The molecule has 40 heavy (non-hydrogen) atoms. The van der Waals surface area contributed by atoms with Gasteiger partial charge in [0.15, 0.2) is 18.0 Å². The monoisotopic (exact) mass is 578 g/mol. The quantitative estimate of drug-likeness (QED) is 0.111. The molecule has 0 bridgehead atoms. The molecule has 1 aliphatic heterocycles. The highest BCUT2D eigenvalue weighted by Crippen LogP contribution is 2.49. The van der Waals surface area contributed by atoms with E-state index in [4.69, 9.17) is 18.5 Å². The second-order valence-electron chi connectivity index (χ2n) is 9.23. The molecule has 2 N–H and O–H groups in total. The number of carbonyl (C=O) groups is 1. The predicted molar refractivity (Wildman–Crippen MR) is 137 cm³/mol. The number of hydrogen-bond donors (Lipinski definition) is 2. The minimum Gasteiger partial charge on any atom is -0.462 e. The molecule has 2 unspecified atom stereocenters. The van der Waals surface area contributed by atoms with Gasteiger partial charge in [-0.25, -0.2) is 23.9 Å². The van der Waals surface area contributed by atoms with Gasteiger partial charge in [-0.05, 0) is 45.4 Å². The van der Waals surface area contributed by atoms with Gasteiger partial charge in [-0.15, -0.1) is 0 Å². The molecule has 4 rings (SSSR count). The molecule has 1 fully saturated rings. The number of fused-ring (bicyclic) bond motifs is 1. The smallest absolute Gasteiger partial charge is 0.459 e. The molecule has 2 aromatic heterocycles. The molecule has 0 amide bonds. The highest BCUT2D eigenvalue weighted by atomic mass is 31.2. The van der Waals surface area contributed by atoms with E-state index in [1.807, 2.05) is 0 Å². The minimum atomic E-state index is -4.47. The number of halogens is 1. The lowest BCUT2D eigenvalue weighted by atomic mass is 10.1. The summed E-state index contributed by atoms with van der Waals surface area (Å²) in [5, 5.41) is 16.8. The van der Waals surface area contributed by atoms with E-state index in [9.17, 15) is 20.0 Å². The van der Waals surface area contributed by atoms with Crippen molar-refractivity contribution >= 4 is 24.9 Å². The van der Waals surface area contributed by atoms with Crippen LogP contribution in [0.3, 0.4) is 0 Å². The van der Waals surface area contributed by atoms with E-state index in [0.717, 1.165) is 0 Å². The largest absolute Gasteiger partial charge is 0.462 e. The van der Waals surface area contributed by atoms with Crippen LogP contribution in [0.1, 0.15) is 32.7 Å². The number of para-hydroxylation sites is 1. The standard InChI is InChI=1S/C23H28FN8O7P/c1-13(2)37-22(34)15(4)29-40(35,39-16-8-6-5-7-9-16)36-10-23(30-31-25)19(33)17(24)21(38-23)32-12-28-18-14(3)26-11-27-20(18)32/h5-9,11-13,15,17,19,21,33H,10H2,1-4H3,(H,29,35)/t15?,17-,19+,21-,23-,40?/m1/s1. The summed E-state index contributed by atoms with van der Waals surface area (Å²) >= 11 is 0. The molecule has 0 spiro atoms. The van der Waals surface area contributed by atoms with Gasteiger partial charge in [-0.1, -0.05) is 23.3 Å². The van der Waals surface area contributed by atoms with Crippen molar-refractivity contribution < 1.29 is 37.4 Å². The number of alkyl halides is 1. The van der Waals surface area contributed by atoms with Crippen molar-refractivity contribution in [2.24, 2.45) is 5.11 Å². The van der Waals surface area contributed by atoms with Crippen LogP contribution in [0.15, 0.2) is 48.1 Å². The number of ether oxygens (including phenoxy) is 2. The number of azide groups is 1. The molecule has 0 aliphatic carbocycles. The van der Waals surface area contributed by atoms with Crippen molar-refractivity contribution in [2.75, 3.05) is 6.61 Å². The Morgan fingerprint density at radius 1 is 1.32 bits per heavy atom. The van der Waals surface area contributed by atoms with Crippen molar-refractivity contribution in [2.45, 2.75) is 64.1 Å². The summed E-state index contributed by atoms with van der Waals surface area (Å²) in [5.41, 5.74) is 7.98. The van der Waals surface area contributed by atoms with Gasteiger partial charge in [-0.2, -0.15) is 5.09 Å². The summed E-state index contributed by atoms with van der Waals surface area (Å²) in [5.74, 6) is -0.639. The Labute approximate surface area is 227 Å². The maximum atomic E-state index is 15.5. The van der Waals surface area contributed by atoms with Crippen LogP contribution < -0.4 is 9.61 Å². The summed E-state index contributed by atoms with van der Waals surface area (Å²) < 4.78 is 52.6. The average molecular weight is 578 g/mol. The lowest BCUT2D eigenvalue weighted by Gasteiger charge is -2.29. The Kier molecular flexibility index (Phi) is 8.68. The third-order valence-electron chi connectivity index (χ3n) is 5.86. The number of aliphatic hydroxyl groups excluding tert-OH is 1. The van der Waals surface area contributed by atoms with E-state index < -0.39 is 56.7 Å². The van der Waals surface area contributed by atoms with Gasteiger partial charge < -0.3 is 19.1 Å². The van der Waals surface area contributed by atoms with Gasteiger partial charge >= 0.3 is 13.7 Å². The van der Waals surface area contributed by atoms with Crippen molar-refractivity contribution in [1.29, 1.82) is 0 Å². The molecule has 214 valence electrons. The van der Waals surface area contributed by atoms with Crippen LogP contribution in [0.5, 0.6) is 5.75 Å². The zero-order chi connectivity index (χ0) is 29.1. The van der Waals surface area contributed by atoms with Crippen molar-refractivity contribution in [3.8, 4) is 5.75 Å². The van der Waals surface area contributed by atoms with E-state index in [2.05, 4.69) is 30.1 Å². The van der Waals surface area contributed by atoms with Crippen LogP contribution >= 0.6 is 7.75 Å². The number of imidazole rings is 1. The summed E-state index contributed by atoms with van der Waals surface area (Å²) in [4.78, 5) is 27.4. The fourth-order valence-electron chi connectivity index (χ4n) is 3.93. The average Bonchev–Trinajstić information content (AvgIpc) is 3.44. The van der Waals surface area contributed by atoms with Gasteiger partial charge in [0.25, 0.3) is 0 Å². The molecule has 1 aliphatic rings. The van der Waals surface area contributed by atoms with Gasteiger partial charge in [0.05, 0.1) is 24.7 Å². The number of nitrogens with one attached hydrogen (secondary N) is 1. The molecular weight excluding hydrogens is 550 g/mol. The maximum absolute atomic E-state index is 15.5. The Bertz CT molecular complexity index is 1450. The number of benzene rings is 1. The predicted octanol–water partition coefficient (Wildman–Crippen LogP) is 3.50. The summed E-state index contributed by atoms with van der Waals surface area (Å²) in [6.45, 7) is 5.42. The third-order valence-corrected chi connectivity index (χ3v) is 7.48. The molecule has 3 aromatic rings. The van der Waals surface area contributed by atoms with Crippen LogP contribution in [0.2, 0.25) is 0 Å². The lowest BCUT2D eigenvalue weighted by molar-refractivity contribution is -0.149. The Hall–Kier alpha value is -3.65. The van der Waals surface area contributed by atoms with E-state index in [-0.39, 0.29) is 11.4 Å². The first kappa shape index (κ1) is 29.3. The molecule has 15 nitrogen and oxygen atoms in total. The van der Waals surface area contributed by atoms with Crippen LogP contribution in [0, 0.1) is 6.92 Å². The number of aliphatic hydroxyl groups is 1. The topological polar surface area (TPSA) is 196 Å². The summed E-state index contributed by atoms with van der Waals surface area (Å²) in [6.07, 6.45) is -3.71. The lowest BCUT2D eigenvalue weighted by Crippen LogP contribution is -2.45. The SMILES string of the molecule is Cc1ncnc2c1ncn2[C@@H]1O[C@@](COP(=O)(NC(C)C(=O)OC(C)C)Oc2ccccc2)(N=[N+]=[N-])[C@@H](O)[C@H]1F. The highest BCUT2D eigenvalue weighted by Gasteiger charge is 2.57. The van der Waals surface area contributed by atoms with Crippen molar-refractivity contribution in [3.63, 3.8) is 0 Å². The van der Waals surface area contributed by atoms with Crippen LogP contribution in [-0.2, 0) is 23.4 Å². The van der Waals surface area contributed by atoms with Crippen LogP contribution in [0.25, 0.3) is 21.6 Å². The van der Waals surface area contributed by atoms with Gasteiger partial charge in [0, 0.05) is 4.91 Å². The number of hydrogen-bond acceptors (Lipinski definition) is 11. The first-order valence-electron chi connectivity index (χ1n) is 12.2. The fraction of sp³-hybridized carbons (Fsp3) is 0.478. The molecule has 0 saturated carbocycles. The van der Waals surface area contributed by atoms with E-state index in [1.54, 1.807) is 39.0 Å². The normalized spacial score (nSPS) is 24.8. The van der Waals surface area contributed by atoms with Crippen molar-refractivity contribution in [3.05, 3.63) is 59.1 Å². The fourth-order valence-corrected chi connectivity index (χ4v) is 5.45. The maximum Gasteiger partial charge on any atom is 0.459 e. The zero-order valence-electron chi connectivity index (χ0n) is 22.0. The Morgan fingerprint density at radius 2 is 2.05 bits per heavy atom. The number of aryl methyl sites for hydroxylation is 1. The van der Waals surface area contributed by atoms with Crippen molar-refractivity contribution in [1.82, 2.24) is 24.6 Å². The number of nitrogens with zero attached hydrogens (tertiary/aromatic N) is 7. The molecule has 0 radical (unpaired) electrons. The first-order valence-corrected chi connectivity index (χ1v) is 13.7. The summed E-state index contributed by atoms with van der Waals surface area (Å²) in [6, 6.07) is 6.72. The minimum absolute atomic E-state index is 0.106. The van der Waals surface area contributed by atoms with Crippen LogP contribution in [0.4, 0.5) is 4.39 Å².